The summed E-state index contributed by atoms with van der Waals surface area (Å²) in [4.78, 5) is 7.40. The minimum atomic E-state index is 0.524. The Morgan fingerprint density at radius 1 is 1.15 bits per heavy atom. The van der Waals surface area contributed by atoms with E-state index in [0.717, 1.165) is 35.9 Å². The molecule has 1 aliphatic rings. The summed E-state index contributed by atoms with van der Waals surface area (Å²) in [5, 5.41) is 11.8. The van der Waals surface area contributed by atoms with Gasteiger partial charge >= 0.3 is 0 Å². The average Bonchev–Trinajstić information content (AvgIpc) is 3.41. The lowest BCUT2D eigenvalue weighted by Gasteiger charge is -2.27. The maximum atomic E-state index is 5.87. The van der Waals surface area contributed by atoms with Crippen molar-refractivity contribution in [3.63, 3.8) is 0 Å². The quantitative estimate of drug-likeness (QED) is 0.587. The Kier molecular flexibility index (Phi) is 4.28. The van der Waals surface area contributed by atoms with E-state index in [4.69, 9.17) is 9.40 Å². The topological polar surface area (TPSA) is 56.2 Å². The summed E-state index contributed by atoms with van der Waals surface area (Å²) < 4.78 is 7.16. The van der Waals surface area contributed by atoms with Crippen LogP contribution < -0.4 is 4.90 Å². The second kappa shape index (κ2) is 6.90. The highest BCUT2D eigenvalue weighted by Gasteiger charge is 2.28. The van der Waals surface area contributed by atoms with Crippen LogP contribution in [0.5, 0.6) is 0 Å². The maximum absolute atomic E-state index is 5.87. The summed E-state index contributed by atoms with van der Waals surface area (Å²) in [7, 11) is 0. The van der Waals surface area contributed by atoms with Crippen molar-refractivity contribution in [1.82, 2.24) is 15.2 Å². The highest BCUT2D eigenvalue weighted by Crippen LogP contribution is 2.30. The van der Waals surface area contributed by atoms with Crippen LogP contribution in [0.3, 0.4) is 0 Å². The van der Waals surface area contributed by atoms with Crippen molar-refractivity contribution in [2.45, 2.75) is 25.3 Å². The number of benzene rings is 1. The van der Waals surface area contributed by atoms with Crippen molar-refractivity contribution in [3.05, 3.63) is 52.7 Å². The third-order valence-corrected chi connectivity index (χ3v) is 6.93. The van der Waals surface area contributed by atoms with E-state index in [1.165, 1.54) is 27.4 Å². The van der Waals surface area contributed by atoms with Gasteiger partial charge in [0.25, 0.3) is 11.8 Å². The van der Waals surface area contributed by atoms with Gasteiger partial charge in [0.05, 0.1) is 34.1 Å². The zero-order chi connectivity index (χ0) is 17.3. The standard InChI is InChI=1S/C19H18N4OS2/c1-2-7-15-14(6-1)20-19(26-15)13-5-3-9-23(11-13)12-17-21-22-18(24-17)16-8-4-10-25-16/h1-2,4,6-8,10,13H,3,5,9,11-12H2/p+1/t13-/m0/s1. The Bertz CT molecular complexity index is 975. The Balaban J connectivity index is 1.30. The molecule has 0 radical (unpaired) electrons. The predicted octanol–water partition coefficient (Wildman–Crippen LogP) is 3.37. The molecular formula is C19H19N4OS2+. The van der Waals surface area contributed by atoms with Crippen LogP contribution in [0.2, 0.25) is 0 Å². The first-order chi connectivity index (χ1) is 12.8. The number of quaternary nitrogens is 1. The van der Waals surface area contributed by atoms with Gasteiger partial charge in [-0.25, -0.2) is 4.98 Å². The smallest absolute Gasteiger partial charge is 0.271 e. The van der Waals surface area contributed by atoms with E-state index in [0.29, 0.717) is 11.8 Å². The normalized spacial score (nSPS) is 20.6. The average molecular weight is 384 g/mol. The molecule has 1 unspecified atom stereocenters. The zero-order valence-corrected chi connectivity index (χ0v) is 15.9. The van der Waals surface area contributed by atoms with Crippen molar-refractivity contribution in [1.29, 1.82) is 0 Å². The van der Waals surface area contributed by atoms with Crippen LogP contribution in [0.4, 0.5) is 0 Å². The van der Waals surface area contributed by atoms with Crippen LogP contribution >= 0.6 is 22.7 Å². The number of nitrogens with zero attached hydrogens (tertiary/aromatic N) is 3. The molecule has 0 bridgehead atoms. The van der Waals surface area contributed by atoms with Crippen LogP contribution in [-0.4, -0.2) is 28.3 Å². The number of hydrogen-bond acceptors (Lipinski definition) is 6. The summed E-state index contributed by atoms with van der Waals surface area (Å²) in [5.74, 6) is 1.89. The van der Waals surface area contributed by atoms with Gasteiger partial charge in [0.2, 0.25) is 0 Å². The molecule has 0 aliphatic carbocycles. The van der Waals surface area contributed by atoms with Crippen LogP contribution in [0.25, 0.3) is 21.0 Å². The molecule has 5 nitrogen and oxygen atoms in total. The second-order valence-electron chi connectivity index (χ2n) is 6.72. The molecule has 3 aromatic heterocycles. The minimum absolute atomic E-state index is 0.524. The number of aromatic nitrogens is 3. The summed E-state index contributed by atoms with van der Waals surface area (Å²) in [6.07, 6.45) is 2.43. The molecule has 7 heteroatoms. The number of nitrogens with one attached hydrogen (secondary N) is 1. The molecule has 0 spiro atoms. The summed E-state index contributed by atoms with van der Waals surface area (Å²) in [6.45, 7) is 3.02. The molecule has 4 aromatic rings. The monoisotopic (exact) mass is 383 g/mol. The highest BCUT2D eigenvalue weighted by atomic mass is 32.1. The maximum Gasteiger partial charge on any atom is 0.271 e. The second-order valence-corrected chi connectivity index (χ2v) is 8.73. The summed E-state index contributed by atoms with van der Waals surface area (Å²) in [6, 6.07) is 12.4. The van der Waals surface area contributed by atoms with Crippen molar-refractivity contribution in [2.24, 2.45) is 0 Å². The van der Waals surface area contributed by atoms with Gasteiger partial charge in [0.1, 0.15) is 5.01 Å². The van der Waals surface area contributed by atoms with Gasteiger partial charge < -0.3 is 9.32 Å². The molecule has 0 amide bonds. The minimum Gasteiger partial charge on any atom is -0.414 e. The number of fused-ring (bicyclic) bond motifs is 1. The molecule has 5 rings (SSSR count). The Labute approximate surface area is 159 Å². The lowest BCUT2D eigenvalue weighted by Crippen LogP contribution is -3.12. The fraction of sp³-hybridized carbons (Fsp3) is 0.316. The molecule has 1 saturated heterocycles. The van der Waals surface area contributed by atoms with Gasteiger partial charge in [-0.05, 0) is 36.4 Å². The molecule has 1 fully saturated rings. The van der Waals surface area contributed by atoms with Crippen LogP contribution in [0.15, 0.2) is 46.2 Å². The Hall–Kier alpha value is -2.09. The number of rotatable bonds is 4. The van der Waals surface area contributed by atoms with Crippen LogP contribution in [-0.2, 0) is 6.54 Å². The van der Waals surface area contributed by atoms with Gasteiger partial charge in [0, 0.05) is 0 Å². The molecule has 1 aromatic carbocycles. The molecule has 0 saturated carbocycles. The Morgan fingerprint density at radius 2 is 2.12 bits per heavy atom. The van der Waals surface area contributed by atoms with Gasteiger partial charge in [-0.15, -0.1) is 32.9 Å². The lowest BCUT2D eigenvalue weighted by molar-refractivity contribution is -0.921. The number of piperidine rings is 1. The molecule has 132 valence electrons. The van der Waals surface area contributed by atoms with E-state index in [9.17, 15) is 0 Å². The van der Waals surface area contributed by atoms with Crippen molar-refractivity contribution < 1.29 is 9.32 Å². The third-order valence-electron chi connectivity index (χ3n) is 4.88. The van der Waals surface area contributed by atoms with Crippen molar-refractivity contribution >= 4 is 32.9 Å². The first-order valence-electron chi connectivity index (χ1n) is 8.90. The predicted molar refractivity (Wildman–Crippen MR) is 104 cm³/mol. The van der Waals surface area contributed by atoms with Crippen molar-refractivity contribution in [2.75, 3.05) is 13.1 Å². The number of para-hydroxylation sites is 1. The largest absolute Gasteiger partial charge is 0.414 e. The molecule has 26 heavy (non-hydrogen) atoms. The first-order valence-corrected chi connectivity index (χ1v) is 10.6. The summed E-state index contributed by atoms with van der Waals surface area (Å²) in [5.41, 5.74) is 1.12. The first kappa shape index (κ1) is 16.1. The number of hydrogen-bond donors (Lipinski definition) is 1. The number of thiophene rings is 1. The van der Waals surface area contributed by atoms with Crippen LogP contribution in [0, 0.1) is 0 Å². The highest BCUT2D eigenvalue weighted by molar-refractivity contribution is 7.18. The van der Waals surface area contributed by atoms with Crippen LogP contribution in [0.1, 0.15) is 29.7 Å². The molecular weight excluding hydrogens is 364 g/mol. The van der Waals surface area contributed by atoms with E-state index in [2.05, 4.69) is 34.5 Å². The lowest BCUT2D eigenvalue weighted by atomic mass is 9.99. The zero-order valence-electron chi connectivity index (χ0n) is 14.2. The molecule has 1 aliphatic heterocycles. The van der Waals surface area contributed by atoms with E-state index >= 15 is 0 Å². The summed E-state index contributed by atoms with van der Waals surface area (Å²) >= 11 is 3.47. The Morgan fingerprint density at radius 3 is 3.00 bits per heavy atom. The molecule has 4 heterocycles. The van der Waals surface area contributed by atoms with Gasteiger partial charge in [-0.1, -0.05) is 18.2 Å². The van der Waals surface area contributed by atoms with E-state index < -0.39 is 0 Å². The third kappa shape index (κ3) is 3.18. The van der Waals surface area contributed by atoms with E-state index in [1.807, 2.05) is 28.8 Å². The number of thiazole rings is 1. The van der Waals surface area contributed by atoms with Gasteiger partial charge in [-0.3, -0.25) is 0 Å². The van der Waals surface area contributed by atoms with E-state index in [-0.39, 0.29) is 0 Å². The van der Waals surface area contributed by atoms with Crippen molar-refractivity contribution in [3.8, 4) is 10.8 Å². The SMILES string of the molecule is c1csc(-c2nnc(C[NH+]3CCC[C@H](c4nc5ccccc5s4)C3)o2)c1. The van der Waals surface area contributed by atoms with Gasteiger partial charge in [-0.2, -0.15) is 0 Å². The fourth-order valence-electron chi connectivity index (χ4n) is 3.63. The fourth-order valence-corrected chi connectivity index (χ4v) is 5.37. The van der Waals surface area contributed by atoms with Gasteiger partial charge in [0.15, 0.2) is 6.54 Å². The molecule has 1 N–H and O–H groups in total. The van der Waals surface area contributed by atoms with E-state index in [1.54, 1.807) is 11.3 Å². The molecule has 2 atom stereocenters. The number of likely N-dealkylation sites (tertiary alicyclic amines) is 1.